The number of carbonyl (C=O) groups excluding carboxylic acids is 2. The number of benzene rings is 2. The molecule has 0 heterocycles. The van der Waals surface area contributed by atoms with Crippen LogP contribution in [0.15, 0.2) is 53.6 Å². The number of ether oxygens (including phenoxy) is 1. The molecule has 2 aromatic rings. The SMILES string of the molecule is CC(C)CNC(=O)C(=O)NN=Cc1ccc(OCc2ccc(Cl)cc2)cc1. The van der Waals surface area contributed by atoms with Crippen LogP contribution in [0.2, 0.25) is 5.02 Å². The first-order valence-electron chi connectivity index (χ1n) is 8.52. The van der Waals surface area contributed by atoms with E-state index in [1.807, 2.05) is 38.1 Å². The lowest BCUT2D eigenvalue weighted by molar-refractivity contribution is -0.139. The minimum atomic E-state index is -0.796. The molecule has 0 radical (unpaired) electrons. The zero-order chi connectivity index (χ0) is 19.6. The molecular weight excluding hydrogens is 366 g/mol. The van der Waals surface area contributed by atoms with Crippen LogP contribution in [-0.4, -0.2) is 24.6 Å². The third-order valence-electron chi connectivity index (χ3n) is 3.46. The van der Waals surface area contributed by atoms with Gasteiger partial charge in [-0.15, -0.1) is 0 Å². The lowest BCUT2D eigenvalue weighted by Gasteiger charge is -2.07. The van der Waals surface area contributed by atoms with Crippen molar-refractivity contribution in [1.29, 1.82) is 0 Å². The van der Waals surface area contributed by atoms with Crippen molar-refractivity contribution in [3.05, 3.63) is 64.7 Å². The molecule has 27 heavy (non-hydrogen) atoms. The quantitative estimate of drug-likeness (QED) is 0.435. The summed E-state index contributed by atoms with van der Waals surface area (Å²) in [5.74, 6) is -0.522. The minimum Gasteiger partial charge on any atom is -0.489 e. The molecule has 0 atom stereocenters. The molecule has 6 nitrogen and oxygen atoms in total. The Morgan fingerprint density at radius 1 is 1.07 bits per heavy atom. The van der Waals surface area contributed by atoms with Gasteiger partial charge in [0.2, 0.25) is 0 Å². The van der Waals surface area contributed by atoms with Crippen molar-refractivity contribution in [2.45, 2.75) is 20.5 Å². The Morgan fingerprint density at radius 2 is 1.74 bits per heavy atom. The van der Waals surface area contributed by atoms with Gasteiger partial charge >= 0.3 is 11.8 Å². The number of nitrogens with one attached hydrogen (secondary N) is 2. The van der Waals surface area contributed by atoms with Crippen molar-refractivity contribution < 1.29 is 14.3 Å². The number of hydrogen-bond donors (Lipinski definition) is 2. The molecule has 0 saturated carbocycles. The van der Waals surface area contributed by atoms with E-state index in [9.17, 15) is 9.59 Å². The summed E-state index contributed by atoms with van der Waals surface area (Å²) in [4.78, 5) is 23.1. The topological polar surface area (TPSA) is 79.8 Å². The summed E-state index contributed by atoms with van der Waals surface area (Å²) in [7, 11) is 0. The van der Waals surface area contributed by atoms with Crippen LogP contribution in [-0.2, 0) is 16.2 Å². The van der Waals surface area contributed by atoms with Crippen LogP contribution in [0.25, 0.3) is 0 Å². The number of hydrogen-bond acceptors (Lipinski definition) is 4. The Morgan fingerprint density at radius 3 is 2.37 bits per heavy atom. The van der Waals surface area contributed by atoms with Gasteiger partial charge in [0.15, 0.2) is 0 Å². The maximum absolute atomic E-state index is 11.6. The molecule has 2 N–H and O–H groups in total. The minimum absolute atomic E-state index is 0.269. The largest absolute Gasteiger partial charge is 0.489 e. The fourth-order valence-electron chi connectivity index (χ4n) is 1.99. The Hall–Kier alpha value is -2.86. The Kier molecular flexibility index (Phi) is 7.82. The summed E-state index contributed by atoms with van der Waals surface area (Å²) in [5, 5.41) is 6.99. The second-order valence-corrected chi connectivity index (χ2v) is 6.72. The fraction of sp³-hybridized carbons (Fsp3) is 0.250. The summed E-state index contributed by atoms with van der Waals surface area (Å²) >= 11 is 5.85. The van der Waals surface area contributed by atoms with E-state index in [1.165, 1.54) is 6.21 Å². The van der Waals surface area contributed by atoms with Gasteiger partial charge in [0, 0.05) is 11.6 Å². The standard InChI is InChI=1S/C20H22ClN3O3/c1-14(2)11-22-19(25)20(26)24-23-12-15-5-9-18(10-6-15)27-13-16-3-7-17(21)8-4-16/h3-10,12,14H,11,13H2,1-2H3,(H,22,25)(H,24,26). The molecule has 0 aliphatic heterocycles. The highest BCUT2D eigenvalue weighted by molar-refractivity contribution is 6.35. The number of hydrazone groups is 1. The van der Waals surface area contributed by atoms with E-state index >= 15 is 0 Å². The smallest absolute Gasteiger partial charge is 0.329 e. The normalized spacial score (nSPS) is 10.8. The molecule has 0 aliphatic carbocycles. The van der Waals surface area contributed by atoms with Gasteiger partial charge in [-0.1, -0.05) is 37.6 Å². The third-order valence-corrected chi connectivity index (χ3v) is 3.71. The predicted octanol–water partition coefficient (Wildman–Crippen LogP) is 3.14. The average Bonchev–Trinajstić information content (AvgIpc) is 2.66. The number of halogens is 1. The zero-order valence-corrected chi connectivity index (χ0v) is 16.0. The Labute approximate surface area is 163 Å². The molecular formula is C20H22ClN3O3. The Bertz CT molecular complexity index is 787. The molecule has 2 rings (SSSR count). The highest BCUT2D eigenvalue weighted by Crippen LogP contribution is 2.15. The van der Waals surface area contributed by atoms with Gasteiger partial charge in [-0.25, -0.2) is 5.43 Å². The van der Waals surface area contributed by atoms with E-state index < -0.39 is 11.8 Å². The van der Waals surface area contributed by atoms with Crippen LogP contribution in [0, 0.1) is 5.92 Å². The molecule has 0 unspecified atom stereocenters. The van der Waals surface area contributed by atoms with E-state index in [4.69, 9.17) is 16.3 Å². The average molecular weight is 388 g/mol. The van der Waals surface area contributed by atoms with E-state index in [0.29, 0.717) is 23.9 Å². The van der Waals surface area contributed by atoms with Crippen molar-refractivity contribution in [1.82, 2.24) is 10.7 Å². The van der Waals surface area contributed by atoms with E-state index in [1.54, 1.807) is 24.3 Å². The maximum atomic E-state index is 11.6. The van der Waals surface area contributed by atoms with Crippen LogP contribution in [0.1, 0.15) is 25.0 Å². The summed E-state index contributed by atoms with van der Waals surface area (Å²) in [6, 6.07) is 14.6. The third kappa shape index (κ3) is 7.50. The first kappa shape index (κ1) is 20.5. The molecule has 0 saturated heterocycles. The fourth-order valence-corrected chi connectivity index (χ4v) is 2.12. The number of nitrogens with zero attached hydrogens (tertiary/aromatic N) is 1. The molecule has 0 aliphatic rings. The summed E-state index contributed by atoms with van der Waals surface area (Å²) in [5.41, 5.74) is 3.97. The highest BCUT2D eigenvalue weighted by atomic mass is 35.5. The first-order chi connectivity index (χ1) is 12.9. The second-order valence-electron chi connectivity index (χ2n) is 6.29. The number of rotatable bonds is 7. The van der Waals surface area contributed by atoms with E-state index in [-0.39, 0.29) is 5.92 Å². The molecule has 7 heteroatoms. The predicted molar refractivity (Wildman–Crippen MR) is 106 cm³/mol. The van der Waals surface area contributed by atoms with Crippen LogP contribution in [0.4, 0.5) is 0 Å². The van der Waals surface area contributed by atoms with Gasteiger partial charge in [-0.3, -0.25) is 9.59 Å². The van der Waals surface area contributed by atoms with Crippen LogP contribution in [0.5, 0.6) is 5.75 Å². The van der Waals surface area contributed by atoms with Crippen molar-refractivity contribution in [2.24, 2.45) is 11.0 Å². The van der Waals surface area contributed by atoms with Crippen molar-refractivity contribution in [3.63, 3.8) is 0 Å². The second kappa shape index (κ2) is 10.3. The molecule has 0 aromatic heterocycles. The van der Waals surface area contributed by atoms with Crippen molar-refractivity contribution >= 4 is 29.6 Å². The van der Waals surface area contributed by atoms with Gasteiger partial charge in [-0.05, 0) is 53.4 Å². The molecule has 2 aromatic carbocycles. The molecule has 0 spiro atoms. The van der Waals surface area contributed by atoms with Gasteiger partial charge in [-0.2, -0.15) is 5.10 Å². The van der Waals surface area contributed by atoms with E-state index in [2.05, 4.69) is 15.8 Å². The summed E-state index contributed by atoms with van der Waals surface area (Å²) < 4.78 is 5.70. The molecule has 0 fully saturated rings. The van der Waals surface area contributed by atoms with Crippen molar-refractivity contribution in [3.8, 4) is 5.75 Å². The Balaban J connectivity index is 1.79. The first-order valence-corrected chi connectivity index (χ1v) is 8.90. The summed E-state index contributed by atoms with van der Waals surface area (Å²) in [6.45, 7) is 4.76. The monoisotopic (exact) mass is 387 g/mol. The van der Waals surface area contributed by atoms with Crippen LogP contribution >= 0.6 is 11.6 Å². The summed E-state index contributed by atoms with van der Waals surface area (Å²) in [6.07, 6.45) is 1.45. The molecule has 142 valence electrons. The van der Waals surface area contributed by atoms with Gasteiger partial charge in [0.1, 0.15) is 12.4 Å². The maximum Gasteiger partial charge on any atom is 0.329 e. The van der Waals surface area contributed by atoms with Crippen LogP contribution in [0.3, 0.4) is 0 Å². The highest BCUT2D eigenvalue weighted by Gasteiger charge is 2.11. The van der Waals surface area contributed by atoms with Crippen molar-refractivity contribution in [2.75, 3.05) is 6.54 Å². The van der Waals surface area contributed by atoms with Gasteiger partial charge < -0.3 is 10.1 Å². The molecule has 2 amide bonds. The van der Waals surface area contributed by atoms with Crippen LogP contribution < -0.4 is 15.5 Å². The number of amides is 2. The number of carbonyl (C=O) groups is 2. The zero-order valence-electron chi connectivity index (χ0n) is 15.2. The lowest BCUT2D eigenvalue weighted by atomic mass is 10.2. The van der Waals surface area contributed by atoms with E-state index in [0.717, 1.165) is 11.1 Å². The van der Waals surface area contributed by atoms with Gasteiger partial charge in [0.25, 0.3) is 0 Å². The lowest BCUT2D eigenvalue weighted by Crippen LogP contribution is -2.39. The molecule has 0 bridgehead atoms. The van der Waals surface area contributed by atoms with Gasteiger partial charge in [0.05, 0.1) is 6.21 Å².